The second-order valence-electron chi connectivity index (χ2n) is 5.24. The molecule has 1 unspecified atom stereocenters. The zero-order valence-corrected chi connectivity index (χ0v) is 12.9. The van der Waals surface area contributed by atoms with E-state index in [1.165, 1.54) is 12.4 Å². The molecule has 2 aromatic heterocycles. The minimum Gasteiger partial charge on any atom is -0.465 e. The summed E-state index contributed by atoms with van der Waals surface area (Å²) in [6, 6.07) is 2.93. The fourth-order valence-corrected chi connectivity index (χ4v) is 2.10. The molecule has 0 saturated heterocycles. The van der Waals surface area contributed by atoms with E-state index in [0.717, 1.165) is 6.20 Å². The minimum atomic E-state index is -0.498. The number of carbonyl (C=O) groups excluding carboxylic acids is 1. The van der Waals surface area contributed by atoms with Gasteiger partial charge in [0.05, 0.1) is 25.0 Å². The van der Waals surface area contributed by atoms with Crippen molar-refractivity contribution < 1.29 is 13.9 Å². The van der Waals surface area contributed by atoms with E-state index < -0.39 is 5.92 Å². The quantitative estimate of drug-likeness (QED) is 0.765. The first-order valence-electron chi connectivity index (χ1n) is 7.17. The maximum Gasteiger partial charge on any atom is 0.317 e. The van der Waals surface area contributed by atoms with Crippen molar-refractivity contribution in [3.63, 3.8) is 0 Å². The Morgan fingerprint density at radius 1 is 1.36 bits per heavy atom. The van der Waals surface area contributed by atoms with Gasteiger partial charge in [0.25, 0.3) is 0 Å². The van der Waals surface area contributed by atoms with E-state index in [4.69, 9.17) is 4.74 Å². The molecule has 22 heavy (non-hydrogen) atoms. The number of esters is 1. The zero-order chi connectivity index (χ0) is 16.1. The number of nitrogens with zero attached hydrogens (tertiary/aromatic N) is 4. The molecule has 0 radical (unpaired) electrons. The Morgan fingerprint density at radius 2 is 2.14 bits per heavy atom. The van der Waals surface area contributed by atoms with Crippen LogP contribution in [0.5, 0.6) is 0 Å². The van der Waals surface area contributed by atoms with Crippen LogP contribution in [-0.2, 0) is 16.1 Å². The Balaban J connectivity index is 2.14. The number of hydrogen-bond acceptors (Lipinski definition) is 5. The monoisotopic (exact) mass is 306 g/mol. The van der Waals surface area contributed by atoms with Gasteiger partial charge in [-0.2, -0.15) is 5.10 Å². The summed E-state index contributed by atoms with van der Waals surface area (Å²) in [6.07, 6.45) is 2.69. The van der Waals surface area contributed by atoms with E-state index in [2.05, 4.69) is 15.1 Å². The van der Waals surface area contributed by atoms with Crippen LogP contribution in [-0.4, -0.2) is 32.3 Å². The molecule has 0 fully saturated rings. The summed E-state index contributed by atoms with van der Waals surface area (Å²) in [5, 5.41) is 4.32. The molecule has 2 rings (SSSR count). The van der Waals surface area contributed by atoms with Gasteiger partial charge in [-0.25, -0.2) is 14.1 Å². The average molecular weight is 306 g/mol. The Kier molecular flexibility index (Phi) is 5.19. The third-order valence-corrected chi connectivity index (χ3v) is 3.15. The number of pyridine rings is 1. The molecule has 0 aliphatic rings. The van der Waals surface area contributed by atoms with Crippen LogP contribution in [0.15, 0.2) is 24.7 Å². The molecule has 0 saturated carbocycles. The van der Waals surface area contributed by atoms with Gasteiger partial charge in [-0.1, -0.05) is 13.8 Å². The molecule has 1 atom stereocenters. The molecule has 0 N–H and O–H groups in total. The highest BCUT2D eigenvalue weighted by atomic mass is 19.1. The van der Waals surface area contributed by atoms with Gasteiger partial charge in [0, 0.05) is 0 Å². The van der Waals surface area contributed by atoms with Crippen LogP contribution < -0.4 is 0 Å². The number of aromatic nitrogens is 4. The topological polar surface area (TPSA) is 69.9 Å². The Bertz CT molecular complexity index is 625. The van der Waals surface area contributed by atoms with Crippen molar-refractivity contribution in [3.05, 3.63) is 42.0 Å². The van der Waals surface area contributed by atoms with E-state index >= 15 is 0 Å². The molecule has 0 spiro atoms. The van der Waals surface area contributed by atoms with Gasteiger partial charge in [-0.05, 0) is 25.0 Å². The lowest BCUT2D eigenvalue weighted by molar-refractivity contribution is -0.146. The summed E-state index contributed by atoms with van der Waals surface area (Å²) in [5.41, 5.74) is 0.662. The second-order valence-corrected chi connectivity index (χ2v) is 5.24. The zero-order valence-electron chi connectivity index (χ0n) is 12.9. The van der Waals surface area contributed by atoms with Gasteiger partial charge < -0.3 is 4.74 Å². The molecule has 0 amide bonds. The van der Waals surface area contributed by atoms with Crippen molar-refractivity contribution in [2.24, 2.45) is 5.92 Å². The molecule has 0 aliphatic heterocycles. The summed E-state index contributed by atoms with van der Waals surface area (Å²) in [4.78, 5) is 20.2. The molecular formula is C15H19FN4O2. The number of ether oxygens (including phenoxy) is 1. The molecule has 118 valence electrons. The molecule has 0 bridgehead atoms. The van der Waals surface area contributed by atoms with Crippen LogP contribution in [0.2, 0.25) is 0 Å². The largest absolute Gasteiger partial charge is 0.465 e. The van der Waals surface area contributed by atoms with Crippen molar-refractivity contribution in [2.45, 2.75) is 33.2 Å². The van der Waals surface area contributed by atoms with E-state index in [0.29, 0.717) is 24.7 Å². The normalized spacial score (nSPS) is 12.4. The van der Waals surface area contributed by atoms with Crippen LogP contribution in [0.1, 0.15) is 38.2 Å². The average Bonchev–Trinajstić information content (AvgIpc) is 2.89. The van der Waals surface area contributed by atoms with Gasteiger partial charge in [-0.3, -0.25) is 9.78 Å². The van der Waals surface area contributed by atoms with E-state index in [1.54, 1.807) is 17.7 Å². The molecule has 6 nitrogen and oxygen atoms in total. The Hall–Kier alpha value is -2.31. The minimum absolute atomic E-state index is 0.0267. The first kappa shape index (κ1) is 16.1. The van der Waals surface area contributed by atoms with Gasteiger partial charge in [0.2, 0.25) is 0 Å². The van der Waals surface area contributed by atoms with Gasteiger partial charge in [-0.15, -0.1) is 0 Å². The van der Waals surface area contributed by atoms with Gasteiger partial charge in [0.15, 0.2) is 5.82 Å². The lowest BCUT2D eigenvalue weighted by Gasteiger charge is -2.15. The fourth-order valence-electron chi connectivity index (χ4n) is 2.10. The summed E-state index contributed by atoms with van der Waals surface area (Å²) < 4.78 is 19.5. The SMILES string of the molecule is CCOC(=O)C(c1ncn(Cc2ccc(F)cn2)n1)C(C)C. The summed E-state index contributed by atoms with van der Waals surface area (Å²) >= 11 is 0. The highest BCUT2D eigenvalue weighted by Gasteiger charge is 2.29. The maximum atomic E-state index is 12.8. The maximum absolute atomic E-state index is 12.8. The molecule has 0 aliphatic carbocycles. The fraction of sp³-hybridized carbons (Fsp3) is 0.467. The summed E-state index contributed by atoms with van der Waals surface area (Å²) in [5.74, 6) is -0.753. The third-order valence-electron chi connectivity index (χ3n) is 3.15. The number of carbonyl (C=O) groups is 1. The number of halogens is 1. The molecule has 7 heteroatoms. The van der Waals surface area contributed by atoms with Gasteiger partial charge in [0.1, 0.15) is 18.1 Å². The Morgan fingerprint density at radius 3 is 2.73 bits per heavy atom. The Labute approximate surface area is 128 Å². The predicted molar refractivity (Wildman–Crippen MR) is 77.5 cm³/mol. The first-order valence-corrected chi connectivity index (χ1v) is 7.17. The van der Waals surface area contributed by atoms with Crippen molar-refractivity contribution in [1.29, 1.82) is 0 Å². The third kappa shape index (κ3) is 3.87. The van der Waals surface area contributed by atoms with Crippen molar-refractivity contribution >= 4 is 5.97 Å². The lowest BCUT2D eigenvalue weighted by atomic mass is 9.95. The number of rotatable bonds is 6. The summed E-state index contributed by atoms with van der Waals surface area (Å²) in [6.45, 7) is 6.29. The smallest absolute Gasteiger partial charge is 0.317 e. The molecule has 0 aromatic carbocycles. The predicted octanol–water partition coefficient (Wildman–Crippen LogP) is 2.16. The molecule has 2 heterocycles. The van der Waals surface area contributed by atoms with Gasteiger partial charge >= 0.3 is 5.97 Å². The van der Waals surface area contributed by atoms with Crippen LogP contribution in [0.25, 0.3) is 0 Å². The van der Waals surface area contributed by atoms with Crippen molar-refractivity contribution in [2.75, 3.05) is 6.61 Å². The first-order chi connectivity index (χ1) is 10.5. The van der Waals surface area contributed by atoms with Crippen LogP contribution in [0.4, 0.5) is 4.39 Å². The van der Waals surface area contributed by atoms with Crippen molar-refractivity contribution in [1.82, 2.24) is 19.7 Å². The van der Waals surface area contributed by atoms with Crippen molar-refractivity contribution in [3.8, 4) is 0 Å². The van der Waals surface area contributed by atoms with Crippen LogP contribution in [0.3, 0.4) is 0 Å². The highest BCUT2D eigenvalue weighted by Crippen LogP contribution is 2.22. The highest BCUT2D eigenvalue weighted by molar-refractivity contribution is 5.77. The summed E-state index contributed by atoms with van der Waals surface area (Å²) in [7, 11) is 0. The van der Waals surface area contributed by atoms with Crippen LogP contribution >= 0.6 is 0 Å². The number of hydrogen-bond donors (Lipinski definition) is 0. The van der Waals surface area contributed by atoms with E-state index in [-0.39, 0.29) is 17.7 Å². The molecule has 2 aromatic rings. The van der Waals surface area contributed by atoms with Crippen LogP contribution in [0, 0.1) is 11.7 Å². The van der Waals surface area contributed by atoms with E-state index in [1.807, 2.05) is 13.8 Å². The lowest BCUT2D eigenvalue weighted by Crippen LogP contribution is -2.22. The standard InChI is InChI=1S/C15H19FN4O2/c1-4-22-15(21)13(10(2)3)14-18-9-20(19-14)8-12-6-5-11(16)7-17-12/h5-7,9-10,13H,4,8H2,1-3H3. The van der Waals surface area contributed by atoms with E-state index in [9.17, 15) is 9.18 Å². The molecular weight excluding hydrogens is 287 g/mol. The second kappa shape index (κ2) is 7.11.